The van der Waals surface area contributed by atoms with Crippen molar-refractivity contribution in [1.82, 2.24) is 0 Å². The van der Waals surface area contributed by atoms with E-state index >= 15 is 0 Å². The molecule has 1 aliphatic carbocycles. The molecule has 1 aromatic carbocycles. The lowest BCUT2D eigenvalue weighted by molar-refractivity contribution is 0.174. The van der Waals surface area contributed by atoms with Gasteiger partial charge in [-0.2, -0.15) is 0 Å². The molecule has 1 saturated carbocycles. The van der Waals surface area contributed by atoms with E-state index in [4.69, 9.17) is 0 Å². The number of para-hydroxylation sites is 1. The average Bonchev–Trinajstić information content (AvgIpc) is 2.46. The minimum Gasteiger partial charge on any atom is -0.388 e. The van der Waals surface area contributed by atoms with E-state index in [9.17, 15) is 5.11 Å². The van der Waals surface area contributed by atoms with E-state index < -0.39 is 0 Å². The average molecular weight is 247 g/mol. The Morgan fingerprint density at radius 2 is 1.89 bits per heavy atom. The SMILES string of the molecule is CCC(O)c1ccccc1N(C)C1CCCCC1. The Kier molecular flexibility index (Phi) is 4.65. The highest BCUT2D eigenvalue weighted by Gasteiger charge is 2.21. The zero-order valence-corrected chi connectivity index (χ0v) is 11.6. The molecule has 1 fully saturated rings. The van der Waals surface area contributed by atoms with Crippen LogP contribution in [0.25, 0.3) is 0 Å². The molecule has 0 saturated heterocycles. The fourth-order valence-electron chi connectivity index (χ4n) is 2.98. The van der Waals surface area contributed by atoms with E-state index in [1.165, 1.54) is 37.8 Å². The minimum atomic E-state index is -0.341. The predicted octanol–water partition coefficient (Wildman–Crippen LogP) is 3.90. The van der Waals surface area contributed by atoms with Crippen LogP contribution in [0.4, 0.5) is 5.69 Å². The summed E-state index contributed by atoms with van der Waals surface area (Å²) in [5, 5.41) is 10.1. The molecular formula is C16H25NO. The summed E-state index contributed by atoms with van der Waals surface area (Å²) >= 11 is 0. The first-order valence-corrected chi connectivity index (χ1v) is 7.24. The Morgan fingerprint density at radius 3 is 2.56 bits per heavy atom. The summed E-state index contributed by atoms with van der Waals surface area (Å²) in [6.07, 6.45) is 7.06. The van der Waals surface area contributed by atoms with Crippen molar-refractivity contribution in [2.45, 2.75) is 57.6 Å². The molecule has 2 rings (SSSR count). The van der Waals surface area contributed by atoms with Crippen LogP contribution >= 0.6 is 0 Å². The fraction of sp³-hybridized carbons (Fsp3) is 0.625. The van der Waals surface area contributed by atoms with Gasteiger partial charge in [0.15, 0.2) is 0 Å². The van der Waals surface area contributed by atoms with Crippen molar-refractivity contribution in [3.05, 3.63) is 29.8 Å². The lowest BCUT2D eigenvalue weighted by atomic mass is 9.93. The smallest absolute Gasteiger partial charge is 0.0807 e. The molecule has 1 unspecified atom stereocenters. The van der Waals surface area contributed by atoms with Gasteiger partial charge in [-0.25, -0.2) is 0 Å². The summed E-state index contributed by atoms with van der Waals surface area (Å²) in [5.41, 5.74) is 2.28. The fourth-order valence-corrected chi connectivity index (χ4v) is 2.98. The Bertz CT molecular complexity index is 371. The topological polar surface area (TPSA) is 23.5 Å². The van der Waals surface area contributed by atoms with Crippen molar-refractivity contribution in [3.63, 3.8) is 0 Å². The highest BCUT2D eigenvalue weighted by molar-refractivity contribution is 5.54. The van der Waals surface area contributed by atoms with Crippen LogP contribution in [0.1, 0.15) is 57.1 Å². The van der Waals surface area contributed by atoms with Crippen LogP contribution in [0.5, 0.6) is 0 Å². The Hall–Kier alpha value is -1.02. The minimum absolute atomic E-state index is 0.341. The molecule has 1 N–H and O–H groups in total. The Labute approximate surface area is 111 Å². The van der Waals surface area contributed by atoms with Crippen LogP contribution in [0, 0.1) is 0 Å². The third-order valence-corrected chi connectivity index (χ3v) is 4.18. The first-order valence-electron chi connectivity index (χ1n) is 7.24. The highest BCUT2D eigenvalue weighted by Crippen LogP contribution is 2.32. The standard InChI is InChI=1S/C16H25NO/c1-3-16(18)14-11-7-8-12-15(14)17(2)13-9-5-4-6-10-13/h7-8,11-13,16,18H,3-6,9-10H2,1-2H3. The van der Waals surface area contributed by atoms with Gasteiger partial charge >= 0.3 is 0 Å². The highest BCUT2D eigenvalue weighted by atomic mass is 16.3. The van der Waals surface area contributed by atoms with Gasteiger partial charge < -0.3 is 10.0 Å². The van der Waals surface area contributed by atoms with Crippen LogP contribution in [-0.4, -0.2) is 18.2 Å². The van der Waals surface area contributed by atoms with Crippen molar-refractivity contribution in [2.75, 3.05) is 11.9 Å². The Morgan fingerprint density at radius 1 is 1.22 bits per heavy atom. The summed E-state index contributed by atoms with van der Waals surface area (Å²) in [4.78, 5) is 2.38. The maximum Gasteiger partial charge on any atom is 0.0807 e. The number of benzene rings is 1. The van der Waals surface area contributed by atoms with E-state index in [1.807, 2.05) is 13.0 Å². The molecule has 1 aromatic rings. The molecule has 0 bridgehead atoms. The van der Waals surface area contributed by atoms with Gasteiger partial charge in [-0.15, -0.1) is 0 Å². The van der Waals surface area contributed by atoms with E-state index in [0.717, 1.165) is 12.0 Å². The summed E-state index contributed by atoms with van der Waals surface area (Å²) in [6.45, 7) is 2.03. The van der Waals surface area contributed by atoms with Crippen LogP contribution < -0.4 is 4.90 Å². The summed E-state index contributed by atoms with van der Waals surface area (Å²) in [6, 6.07) is 8.93. The van der Waals surface area contributed by atoms with Crippen LogP contribution in [0.2, 0.25) is 0 Å². The number of hydrogen-bond donors (Lipinski definition) is 1. The summed E-state index contributed by atoms with van der Waals surface area (Å²) in [5.74, 6) is 0. The van der Waals surface area contributed by atoms with Gasteiger partial charge in [-0.3, -0.25) is 0 Å². The molecule has 1 atom stereocenters. The number of rotatable bonds is 4. The van der Waals surface area contributed by atoms with Crippen LogP contribution in [0.15, 0.2) is 24.3 Å². The predicted molar refractivity (Wildman–Crippen MR) is 77.0 cm³/mol. The number of aliphatic hydroxyl groups excluding tert-OH is 1. The number of nitrogens with zero attached hydrogens (tertiary/aromatic N) is 1. The molecule has 0 heterocycles. The quantitative estimate of drug-likeness (QED) is 0.872. The molecule has 0 spiro atoms. The molecule has 2 nitrogen and oxygen atoms in total. The second-order valence-corrected chi connectivity index (χ2v) is 5.39. The second-order valence-electron chi connectivity index (χ2n) is 5.39. The largest absolute Gasteiger partial charge is 0.388 e. The third kappa shape index (κ3) is 2.86. The van der Waals surface area contributed by atoms with Crippen molar-refractivity contribution in [1.29, 1.82) is 0 Å². The van der Waals surface area contributed by atoms with Crippen LogP contribution in [-0.2, 0) is 0 Å². The van der Waals surface area contributed by atoms with Gasteiger partial charge in [-0.05, 0) is 25.3 Å². The first-order chi connectivity index (χ1) is 8.74. The summed E-state index contributed by atoms with van der Waals surface area (Å²) < 4.78 is 0. The van der Waals surface area contributed by atoms with E-state index in [0.29, 0.717) is 6.04 Å². The molecule has 0 aliphatic heterocycles. The maximum atomic E-state index is 10.1. The second kappa shape index (κ2) is 6.24. The van der Waals surface area contributed by atoms with Gasteiger partial charge in [0.25, 0.3) is 0 Å². The van der Waals surface area contributed by atoms with Crippen molar-refractivity contribution in [2.24, 2.45) is 0 Å². The Balaban J connectivity index is 2.20. The van der Waals surface area contributed by atoms with Gasteiger partial charge in [0.05, 0.1) is 6.10 Å². The zero-order chi connectivity index (χ0) is 13.0. The molecule has 0 radical (unpaired) electrons. The first kappa shape index (κ1) is 13.4. The lowest BCUT2D eigenvalue weighted by Gasteiger charge is -2.34. The van der Waals surface area contributed by atoms with E-state index in [-0.39, 0.29) is 6.10 Å². The number of hydrogen-bond acceptors (Lipinski definition) is 2. The molecule has 2 heteroatoms. The van der Waals surface area contributed by atoms with Gasteiger partial charge in [0.2, 0.25) is 0 Å². The molecule has 100 valence electrons. The van der Waals surface area contributed by atoms with Crippen molar-refractivity contribution < 1.29 is 5.11 Å². The molecule has 18 heavy (non-hydrogen) atoms. The number of aliphatic hydroxyl groups is 1. The van der Waals surface area contributed by atoms with Crippen molar-refractivity contribution >= 4 is 5.69 Å². The van der Waals surface area contributed by atoms with Gasteiger partial charge in [0, 0.05) is 24.3 Å². The van der Waals surface area contributed by atoms with E-state index in [2.05, 4.69) is 30.1 Å². The molecule has 0 aromatic heterocycles. The van der Waals surface area contributed by atoms with Crippen LogP contribution in [0.3, 0.4) is 0 Å². The number of anilines is 1. The lowest BCUT2D eigenvalue weighted by Crippen LogP contribution is -2.34. The van der Waals surface area contributed by atoms with Gasteiger partial charge in [0.1, 0.15) is 0 Å². The normalized spacial score (nSPS) is 18.6. The maximum absolute atomic E-state index is 10.1. The molecule has 1 aliphatic rings. The molecule has 0 amide bonds. The molecular weight excluding hydrogens is 222 g/mol. The van der Waals surface area contributed by atoms with Gasteiger partial charge in [-0.1, -0.05) is 44.4 Å². The van der Waals surface area contributed by atoms with Crippen molar-refractivity contribution in [3.8, 4) is 0 Å². The monoisotopic (exact) mass is 247 g/mol. The summed E-state index contributed by atoms with van der Waals surface area (Å²) in [7, 11) is 2.18. The third-order valence-electron chi connectivity index (χ3n) is 4.18. The zero-order valence-electron chi connectivity index (χ0n) is 11.6. The van der Waals surface area contributed by atoms with E-state index in [1.54, 1.807) is 0 Å².